The number of carbonyl (C=O) groups is 1. The van der Waals surface area contributed by atoms with Gasteiger partial charge in [-0.05, 0) is 44.0 Å². The summed E-state index contributed by atoms with van der Waals surface area (Å²) in [6.07, 6.45) is 11.3. The molecule has 0 saturated heterocycles. The van der Waals surface area contributed by atoms with E-state index in [-0.39, 0.29) is 5.91 Å². The summed E-state index contributed by atoms with van der Waals surface area (Å²) >= 11 is 0. The number of fused-ring (bicyclic) bond motifs is 1. The summed E-state index contributed by atoms with van der Waals surface area (Å²) in [5.74, 6) is 1.06. The molecule has 1 heterocycles. The van der Waals surface area contributed by atoms with E-state index in [0.717, 1.165) is 35.4 Å². The second-order valence-corrected chi connectivity index (χ2v) is 8.97. The molecule has 0 fully saturated rings. The molecular formula is C28H39N3O. The molecule has 0 aliphatic rings. The lowest BCUT2D eigenvalue weighted by atomic mass is 10.1. The van der Waals surface area contributed by atoms with Gasteiger partial charge in [0.05, 0.1) is 11.0 Å². The van der Waals surface area contributed by atoms with Crippen LogP contribution in [0.1, 0.15) is 85.6 Å². The fraction of sp³-hybridized carbons (Fsp3) is 0.500. The number of amides is 1. The van der Waals surface area contributed by atoms with Crippen molar-refractivity contribution in [1.82, 2.24) is 14.9 Å². The van der Waals surface area contributed by atoms with Crippen LogP contribution in [-0.4, -0.2) is 22.0 Å². The second-order valence-electron chi connectivity index (χ2n) is 8.97. The van der Waals surface area contributed by atoms with Crippen LogP contribution in [0.4, 0.5) is 0 Å². The zero-order valence-corrected chi connectivity index (χ0v) is 20.1. The van der Waals surface area contributed by atoms with E-state index in [0.29, 0.717) is 6.54 Å². The summed E-state index contributed by atoms with van der Waals surface area (Å²) in [5, 5.41) is 3.09. The zero-order valence-electron chi connectivity index (χ0n) is 20.1. The third-order valence-corrected chi connectivity index (χ3v) is 6.23. The molecule has 4 nitrogen and oxygen atoms in total. The zero-order chi connectivity index (χ0) is 22.8. The van der Waals surface area contributed by atoms with Crippen LogP contribution in [0.25, 0.3) is 11.0 Å². The van der Waals surface area contributed by atoms with E-state index in [4.69, 9.17) is 4.98 Å². The van der Waals surface area contributed by atoms with Crippen molar-refractivity contribution in [3.8, 4) is 0 Å². The van der Waals surface area contributed by atoms with Gasteiger partial charge < -0.3 is 9.88 Å². The number of carbonyl (C=O) groups excluding carboxylic acids is 1. The van der Waals surface area contributed by atoms with Crippen LogP contribution in [0, 0.1) is 13.8 Å². The summed E-state index contributed by atoms with van der Waals surface area (Å²) in [6.45, 7) is 7.89. The topological polar surface area (TPSA) is 46.9 Å². The van der Waals surface area contributed by atoms with Crippen molar-refractivity contribution in [3.05, 3.63) is 65.0 Å². The van der Waals surface area contributed by atoms with Gasteiger partial charge in [0.25, 0.3) is 5.91 Å². The largest absolute Gasteiger partial charge is 0.352 e. The number of nitrogens with one attached hydrogen (secondary N) is 1. The number of unbranched alkanes of at least 4 members (excludes halogenated alkanes) is 7. The van der Waals surface area contributed by atoms with Crippen molar-refractivity contribution >= 4 is 16.9 Å². The quantitative estimate of drug-likeness (QED) is 0.302. The molecule has 2 aromatic carbocycles. The van der Waals surface area contributed by atoms with E-state index in [9.17, 15) is 4.79 Å². The molecule has 0 spiro atoms. The Hall–Kier alpha value is -2.62. The van der Waals surface area contributed by atoms with Crippen LogP contribution in [0.3, 0.4) is 0 Å². The summed E-state index contributed by atoms with van der Waals surface area (Å²) in [5.41, 5.74) is 5.19. The Bertz CT molecular complexity index is 1010. The first-order valence-electron chi connectivity index (χ1n) is 12.4. The summed E-state index contributed by atoms with van der Waals surface area (Å²) in [7, 11) is 0. The number of nitrogens with zero attached hydrogens (tertiary/aromatic N) is 2. The maximum atomic E-state index is 12.6. The van der Waals surface area contributed by atoms with Crippen LogP contribution in [0.2, 0.25) is 0 Å². The van der Waals surface area contributed by atoms with Crippen molar-refractivity contribution < 1.29 is 4.79 Å². The second kappa shape index (κ2) is 12.4. The van der Waals surface area contributed by atoms with Crippen LogP contribution >= 0.6 is 0 Å². The lowest BCUT2D eigenvalue weighted by Gasteiger charge is -2.11. The molecule has 0 radical (unpaired) electrons. The van der Waals surface area contributed by atoms with Gasteiger partial charge in [0.2, 0.25) is 0 Å². The van der Waals surface area contributed by atoms with Gasteiger partial charge in [-0.25, -0.2) is 4.98 Å². The molecule has 0 unspecified atom stereocenters. The Morgan fingerprint density at radius 3 is 2.41 bits per heavy atom. The monoisotopic (exact) mass is 433 g/mol. The van der Waals surface area contributed by atoms with Crippen molar-refractivity contribution in [3.63, 3.8) is 0 Å². The maximum absolute atomic E-state index is 12.6. The number of benzene rings is 2. The molecule has 3 rings (SSSR count). The Morgan fingerprint density at radius 2 is 1.66 bits per heavy atom. The molecule has 32 heavy (non-hydrogen) atoms. The van der Waals surface area contributed by atoms with Crippen LogP contribution in [0.5, 0.6) is 0 Å². The highest BCUT2D eigenvalue weighted by Crippen LogP contribution is 2.18. The van der Waals surface area contributed by atoms with Crippen molar-refractivity contribution in [2.45, 2.75) is 85.1 Å². The highest BCUT2D eigenvalue weighted by Gasteiger charge is 2.12. The number of aryl methyl sites for hydroxylation is 3. The molecule has 1 amide bonds. The van der Waals surface area contributed by atoms with E-state index >= 15 is 0 Å². The molecule has 1 aromatic heterocycles. The minimum absolute atomic E-state index is 0.00626. The standard InChI is InChI=1S/C28H39N3O/c1-4-5-6-7-8-9-10-13-20-31-26-15-12-11-14-25(26)30-27(31)18-19-29-28(32)24-17-16-22(2)21-23(24)3/h11-12,14-17,21H,4-10,13,18-20H2,1-3H3,(H,29,32). The van der Waals surface area contributed by atoms with Gasteiger partial charge >= 0.3 is 0 Å². The predicted octanol–water partition coefficient (Wildman–Crippen LogP) is 6.77. The van der Waals surface area contributed by atoms with Gasteiger partial charge in [-0.2, -0.15) is 0 Å². The maximum Gasteiger partial charge on any atom is 0.251 e. The third-order valence-electron chi connectivity index (χ3n) is 6.23. The van der Waals surface area contributed by atoms with E-state index < -0.39 is 0 Å². The first-order valence-corrected chi connectivity index (χ1v) is 12.4. The van der Waals surface area contributed by atoms with E-state index in [1.54, 1.807) is 0 Å². The minimum atomic E-state index is -0.00626. The van der Waals surface area contributed by atoms with Crippen molar-refractivity contribution in [2.75, 3.05) is 6.54 Å². The Labute approximate surface area is 193 Å². The normalized spacial score (nSPS) is 11.2. The number of aromatic nitrogens is 2. The third kappa shape index (κ3) is 6.69. The van der Waals surface area contributed by atoms with E-state index in [1.165, 1.54) is 62.4 Å². The summed E-state index contributed by atoms with van der Waals surface area (Å²) in [4.78, 5) is 17.5. The number of hydrogen-bond acceptors (Lipinski definition) is 2. The molecule has 3 aromatic rings. The molecule has 4 heteroatoms. The summed E-state index contributed by atoms with van der Waals surface area (Å²) in [6, 6.07) is 14.3. The smallest absolute Gasteiger partial charge is 0.251 e. The first-order chi connectivity index (χ1) is 15.6. The fourth-order valence-corrected chi connectivity index (χ4v) is 4.42. The number of hydrogen-bond donors (Lipinski definition) is 1. The fourth-order valence-electron chi connectivity index (χ4n) is 4.42. The lowest BCUT2D eigenvalue weighted by Crippen LogP contribution is -2.27. The minimum Gasteiger partial charge on any atom is -0.352 e. The molecule has 0 aliphatic carbocycles. The Morgan fingerprint density at radius 1 is 0.938 bits per heavy atom. The Kier molecular flexibility index (Phi) is 9.33. The molecule has 1 N–H and O–H groups in total. The predicted molar refractivity (Wildman–Crippen MR) is 134 cm³/mol. The van der Waals surface area contributed by atoms with Crippen LogP contribution in [0.15, 0.2) is 42.5 Å². The average Bonchev–Trinajstić information content (AvgIpc) is 3.13. The molecule has 0 atom stereocenters. The van der Waals surface area contributed by atoms with Gasteiger partial charge in [-0.1, -0.05) is 81.7 Å². The van der Waals surface area contributed by atoms with Gasteiger partial charge in [-0.15, -0.1) is 0 Å². The number of para-hydroxylation sites is 2. The highest BCUT2D eigenvalue weighted by molar-refractivity contribution is 5.95. The molecule has 0 saturated carbocycles. The molecular weight excluding hydrogens is 394 g/mol. The van der Waals surface area contributed by atoms with Gasteiger partial charge in [-0.3, -0.25) is 4.79 Å². The van der Waals surface area contributed by atoms with Crippen molar-refractivity contribution in [1.29, 1.82) is 0 Å². The van der Waals surface area contributed by atoms with E-state index in [1.807, 2.05) is 32.0 Å². The Balaban J connectivity index is 1.54. The van der Waals surface area contributed by atoms with Crippen molar-refractivity contribution in [2.24, 2.45) is 0 Å². The molecule has 0 aliphatic heterocycles. The van der Waals surface area contributed by atoms with Crippen LogP contribution in [-0.2, 0) is 13.0 Å². The summed E-state index contributed by atoms with van der Waals surface area (Å²) < 4.78 is 2.36. The number of rotatable bonds is 13. The van der Waals surface area contributed by atoms with Gasteiger partial charge in [0.15, 0.2) is 0 Å². The molecule has 172 valence electrons. The van der Waals surface area contributed by atoms with Crippen LogP contribution < -0.4 is 5.32 Å². The lowest BCUT2D eigenvalue weighted by molar-refractivity contribution is 0.0953. The number of imidazole rings is 1. The first kappa shape index (κ1) is 24.0. The molecule has 0 bridgehead atoms. The SMILES string of the molecule is CCCCCCCCCCn1c(CCNC(=O)c2ccc(C)cc2C)nc2ccccc21. The van der Waals surface area contributed by atoms with Gasteiger partial charge in [0.1, 0.15) is 5.82 Å². The highest BCUT2D eigenvalue weighted by atomic mass is 16.1. The van der Waals surface area contributed by atoms with E-state index in [2.05, 4.69) is 41.1 Å². The van der Waals surface area contributed by atoms with Gasteiger partial charge in [0, 0.05) is 25.1 Å². The average molecular weight is 434 g/mol.